The number of phosphoric acid groups is 1. The van der Waals surface area contributed by atoms with Crippen LogP contribution in [-0.4, -0.2) is 70.0 Å². The first-order chi connectivity index (χ1) is 52.0. The summed E-state index contributed by atoms with van der Waals surface area (Å²) in [4.78, 5) is 38.2. The Morgan fingerprint density at radius 1 is 0.292 bits per heavy atom. The molecule has 2 atom stereocenters. The second-order valence-electron chi connectivity index (χ2n) is 29.1. The van der Waals surface area contributed by atoms with E-state index in [1.54, 1.807) is 0 Å². The van der Waals surface area contributed by atoms with Crippen molar-refractivity contribution >= 4 is 19.8 Å². The van der Waals surface area contributed by atoms with E-state index in [1.165, 1.54) is 148 Å². The van der Waals surface area contributed by atoms with E-state index in [0.29, 0.717) is 17.4 Å². The Bertz CT molecular complexity index is 2560. The van der Waals surface area contributed by atoms with Gasteiger partial charge in [0.1, 0.15) is 19.8 Å². The predicted octanol–water partition coefficient (Wildman–Crippen LogP) is 28.6. The Balaban J connectivity index is 4.03. The van der Waals surface area contributed by atoms with Crippen molar-refractivity contribution in [3.8, 4) is 0 Å². The zero-order valence-corrected chi connectivity index (χ0v) is 69.4. The number of hydrogen-bond acceptors (Lipinski definition) is 8. The number of allylic oxidation sites excluding steroid dienone is 34. The van der Waals surface area contributed by atoms with Gasteiger partial charge in [-0.25, -0.2) is 0 Å². The summed E-state index contributed by atoms with van der Waals surface area (Å²) < 4.78 is 34.4. The van der Waals surface area contributed by atoms with Crippen LogP contribution >= 0.6 is 7.82 Å². The largest absolute Gasteiger partial charge is 0.756 e. The molecule has 600 valence electrons. The minimum Gasteiger partial charge on any atom is -0.756 e. The molecule has 0 amide bonds. The number of carbonyl (C=O) groups excluding carboxylic acids is 2. The minimum absolute atomic E-state index is 0.0443. The molecule has 106 heavy (non-hydrogen) atoms. The van der Waals surface area contributed by atoms with Gasteiger partial charge in [-0.05, 0) is 148 Å². The third-order valence-corrected chi connectivity index (χ3v) is 18.8. The molecular formula is C96H158NO8P. The van der Waals surface area contributed by atoms with Crippen LogP contribution in [0.1, 0.15) is 335 Å². The van der Waals surface area contributed by atoms with Crippen LogP contribution in [0.25, 0.3) is 0 Å². The van der Waals surface area contributed by atoms with Crippen molar-refractivity contribution in [1.29, 1.82) is 0 Å². The number of hydrogen-bond donors (Lipinski definition) is 0. The van der Waals surface area contributed by atoms with Crippen molar-refractivity contribution in [3.05, 3.63) is 207 Å². The number of phosphoric ester groups is 1. The van der Waals surface area contributed by atoms with E-state index in [9.17, 15) is 19.0 Å². The third kappa shape index (κ3) is 87.5. The van der Waals surface area contributed by atoms with Crippen LogP contribution < -0.4 is 4.89 Å². The average Bonchev–Trinajstić information content (AvgIpc) is 0.908. The van der Waals surface area contributed by atoms with E-state index in [4.69, 9.17) is 18.5 Å². The summed E-state index contributed by atoms with van der Waals surface area (Å²) in [6.45, 7) is 3.99. The van der Waals surface area contributed by atoms with Crippen LogP contribution in [0.4, 0.5) is 0 Å². The van der Waals surface area contributed by atoms with E-state index in [1.807, 2.05) is 21.1 Å². The molecule has 0 aliphatic carbocycles. The molecule has 0 bridgehead atoms. The van der Waals surface area contributed by atoms with Gasteiger partial charge in [0.2, 0.25) is 0 Å². The highest BCUT2D eigenvalue weighted by molar-refractivity contribution is 7.45. The van der Waals surface area contributed by atoms with Gasteiger partial charge in [0.25, 0.3) is 7.82 Å². The van der Waals surface area contributed by atoms with Crippen molar-refractivity contribution in [2.75, 3.05) is 47.5 Å². The van der Waals surface area contributed by atoms with Crippen LogP contribution in [0.3, 0.4) is 0 Å². The molecule has 0 aliphatic rings. The smallest absolute Gasteiger partial charge is 0.306 e. The summed E-state index contributed by atoms with van der Waals surface area (Å²) in [5.41, 5.74) is 0. The van der Waals surface area contributed by atoms with Crippen molar-refractivity contribution < 1.29 is 42.1 Å². The lowest BCUT2D eigenvalue weighted by atomic mass is 10.0. The van der Waals surface area contributed by atoms with E-state index >= 15 is 0 Å². The van der Waals surface area contributed by atoms with Gasteiger partial charge in [-0.3, -0.25) is 14.2 Å². The van der Waals surface area contributed by atoms with Gasteiger partial charge in [-0.2, -0.15) is 0 Å². The third-order valence-electron chi connectivity index (χ3n) is 17.8. The zero-order chi connectivity index (χ0) is 76.8. The number of rotatable bonds is 77. The summed E-state index contributed by atoms with van der Waals surface area (Å²) in [5.74, 6) is -0.864. The lowest BCUT2D eigenvalue weighted by Crippen LogP contribution is -2.37. The summed E-state index contributed by atoms with van der Waals surface area (Å²) in [6.07, 6.45) is 131. The van der Waals surface area contributed by atoms with Gasteiger partial charge in [-0.15, -0.1) is 0 Å². The van der Waals surface area contributed by atoms with Crippen LogP contribution in [-0.2, 0) is 32.7 Å². The van der Waals surface area contributed by atoms with Gasteiger partial charge in [0.15, 0.2) is 6.10 Å². The molecule has 0 aromatic rings. The van der Waals surface area contributed by atoms with E-state index in [0.717, 1.165) is 154 Å². The van der Waals surface area contributed by atoms with Crippen LogP contribution in [0.2, 0.25) is 0 Å². The molecular weight excluding hydrogens is 1330 g/mol. The summed E-state index contributed by atoms with van der Waals surface area (Å²) >= 11 is 0. The number of quaternary nitrogens is 1. The maximum Gasteiger partial charge on any atom is 0.306 e. The Hall–Kier alpha value is -5.41. The molecule has 0 aliphatic heterocycles. The SMILES string of the molecule is CC/C=C\C/C=C\C/C=C\C/C=C\C/C=C\C/C=C\C/C=C\C/C=C\C/C=C\C/C=C\C/C=C\C/C=C\CCCCCCC(=O)OC(COC(=O)CCCCCCCCCCCCCCCCCCCCCCCCCCC/C=C\C/C=C\C/C=C\C/C=C\C/C=C\CC)COP(=O)([O-])OCC[N+](C)(C)C. The molecule has 0 N–H and O–H groups in total. The number of ether oxygens (including phenoxy) is 2. The lowest BCUT2D eigenvalue weighted by Gasteiger charge is -2.28. The summed E-state index contributed by atoms with van der Waals surface area (Å²) in [7, 11) is 1.13. The quantitative estimate of drug-likeness (QED) is 0.0195. The molecule has 0 spiro atoms. The first-order valence-corrected chi connectivity index (χ1v) is 44.3. The van der Waals surface area contributed by atoms with Gasteiger partial charge < -0.3 is 27.9 Å². The van der Waals surface area contributed by atoms with Crippen LogP contribution in [0.5, 0.6) is 0 Å². The second kappa shape index (κ2) is 83.6. The van der Waals surface area contributed by atoms with E-state index in [2.05, 4.69) is 220 Å². The molecule has 2 unspecified atom stereocenters. The van der Waals surface area contributed by atoms with Gasteiger partial charge in [-0.1, -0.05) is 381 Å². The monoisotopic (exact) mass is 1480 g/mol. The topological polar surface area (TPSA) is 111 Å². The Morgan fingerprint density at radius 2 is 0.509 bits per heavy atom. The number of esters is 2. The molecule has 0 saturated heterocycles. The van der Waals surface area contributed by atoms with E-state index < -0.39 is 32.5 Å². The first kappa shape index (κ1) is 101. The predicted molar refractivity (Wildman–Crippen MR) is 461 cm³/mol. The standard InChI is InChI=1S/C96H158NO8P/c1-6-8-10-12-14-16-18-20-22-24-26-28-30-32-34-36-38-40-42-44-46-48-50-52-54-56-58-60-62-64-66-68-70-72-74-76-78-80-82-84-86-88-95(98)102-92-94(93-104-106(100,101)103-91-90-97(3,4)5)105-96(99)89-87-85-83-81-79-77-75-73-71-69-67-65-63-61-59-57-55-53-51-49-47-45-43-41-39-37-35-33-31-29-27-25-23-21-19-17-15-13-11-9-7-2/h8-11,14-17,20-23,26-29,32-35,39,41,45,47,51,53,57,59,63,65,69,71,75,77,94H,6-7,12-13,18-19,24-25,30-31,36-38,40,42-44,46,48-50,52,54-56,58,60-62,64,66-68,70,72-74,76,78-93H2,1-5H3/b10-8-,11-9-,16-14-,17-15-,22-20-,23-21-,28-26-,29-27-,34-32-,35-33-,41-39-,47-45-,53-51-,59-57-,65-63-,71-69-,77-75-. The first-order valence-electron chi connectivity index (χ1n) is 42.8. The summed E-state index contributed by atoms with van der Waals surface area (Å²) in [6, 6.07) is 0. The van der Waals surface area contributed by atoms with Crippen molar-refractivity contribution in [3.63, 3.8) is 0 Å². The second-order valence-corrected chi connectivity index (χ2v) is 30.5. The lowest BCUT2D eigenvalue weighted by molar-refractivity contribution is -0.870. The molecule has 10 heteroatoms. The molecule has 9 nitrogen and oxygen atoms in total. The number of carbonyl (C=O) groups is 2. The van der Waals surface area contributed by atoms with Crippen molar-refractivity contribution in [1.82, 2.24) is 0 Å². The fourth-order valence-electron chi connectivity index (χ4n) is 11.4. The molecule has 0 saturated carbocycles. The highest BCUT2D eigenvalue weighted by Gasteiger charge is 2.22. The molecule has 0 aromatic heterocycles. The normalized spacial score (nSPS) is 14.1. The Labute approximate surface area is 653 Å². The number of nitrogens with zero attached hydrogens (tertiary/aromatic N) is 1. The highest BCUT2D eigenvalue weighted by Crippen LogP contribution is 2.38. The minimum atomic E-state index is -4.67. The maximum atomic E-state index is 12.9. The molecule has 0 fully saturated rings. The average molecular weight is 1490 g/mol. The molecule has 0 heterocycles. The van der Waals surface area contributed by atoms with Crippen molar-refractivity contribution in [2.45, 2.75) is 341 Å². The number of likely N-dealkylation sites (N-methyl/N-ethyl adjacent to an activating group) is 1. The Kier molecular flexibility index (Phi) is 79.4. The Morgan fingerprint density at radius 3 is 0.755 bits per heavy atom. The maximum absolute atomic E-state index is 12.9. The van der Waals surface area contributed by atoms with Crippen LogP contribution in [0, 0.1) is 0 Å². The summed E-state index contributed by atoms with van der Waals surface area (Å²) in [5, 5.41) is 0. The number of unbranched alkanes of at least 4 members (excludes halogenated alkanes) is 29. The van der Waals surface area contributed by atoms with Crippen LogP contribution in [0.15, 0.2) is 207 Å². The molecule has 0 rings (SSSR count). The molecule has 0 radical (unpaired) electrons. The highest BCUT2D eigenvalue weighted by atomic mass is 31.2. The zero-order valence-electron chi connectivity index (χ0n) is 68.6. The fraction of sp³-hybridized carbons (Fsp3) is 0.625. The fourth-order valence-corrected chi connectivity index (χ4v) is 12.1. The van der Waals surface area contributed by atoms with Gasteiger partial charge in [0.05, 0.1) is 27.7 Å². The van der Waals surface area contributed by atoms with Gasteiger partial charge >= 0.3 is 11.9 Å². The molecule has 0 aromatic carbocycles. The van der Waals surface area contributed by atoms with E-state index in [-0.39, 0.29) is 26.1 Å². The van der Waals surface area contributed by atoms with Crippen molar-refractivity contribution in [2.24, 2.45) is 0 Å². The van der Waals surface area contributed by atoms with Gasteiger partial charge in [0, 0.05) is 12.8 Å².